The number of carbonyl (C=O) groups is 1. The summed E-state index contributed by atoms with van der Waals surface area (Å²) in [5.74, 6) is -2.00. The van der Waals surface area contributed by atoms with Gasteiger partial charge >= 0.3 is 0 Å². The lowest BCUT2D eigenvalue weighted by atomic mass is 10.1. The fourth-order valence-electron chi connectivity index (χ4n) is 1.91. The number of halogens is 2. The van der Waals surface area contributed by atoms with E-state index in [1.807, 2.05) is 0 Å². The van der Waals surface area contributed by atoms with Crippen molar-refractivity contribution in [3.8, 4) is 5.75 Å². The predicted molar refractivity (Wildman–Crippen MR) is 71.8 cm³/mol. The maximum Gasteiger partial charge on any atom is 0.262 e. The molecule has 0 aliphatic heterocycles. The minimum absolute atomic E-state index is 0.156. The SMILES string of the molecule is CCN(C(=O)c1cc(F)ccc1O)c1cccc(F)c1. The van der Waals surface area contributed by atoms with E-state index in [4.69, 9.17) is 0 Å². The summed E-state index contributed by atoms with van der Waals surface area (Å²) in [6.45, 7) is 1.97. The molecule has 5 heteroatoms. The van der Waals surface area contributed by atoms with Gasteiger partial charge in [-0.1, -0.05) is 6.07 Å². The zero-order chi connectivity index (χ0) is 14.7. The number of nitrogens with zero attached hydrogens (tertiary/aromatic N) is 1. The van der Waals surface area contributed by atoms with Crippen LogP contribution in [0.1, 0.15) is 17.3 Å². The first-order chi connectivity index (χ1) is 9.52. The first-order valence-electron chi connectivity index (χ1n) is 6.09. The van der Waals surface area contributed by atoms with Crippen LogP contribution in [0.25, 0.3) is 0 Å². The molecule has 0 bridgehead atoms. The molecule has 0 saturated carbocycles. The molecular weight excluding hydrogens is 264 g/mol. The van der Waals surface area contributed by atoms with Crippen LogP contribution in [0, 0.1) is 11.6 Å². The molecule has 2 aromatic carbocycles. The normalized spacial score (nSPS) is 10.3. The highest BCUT2D eigenvalue weighted by Gasteiger charge is 2.20. The first-order valence-corrected chi connectivity index (χ1v) is 6.09. The Morgan fingerprint density at radius 3 is 2.50 bits per heavy atom. The van der Waals surface area contributed by atoms with Crippen molar-refractivity contribution < 1.29 is 18.7 Å². The monoisotopic (exact) mass is 277 g/mol. The van der Waals surface area contributed by atoms with Crippen LogP contribution in [0.2, 0.25) is 0 Å². The lowest BCUT2D eigenvalue weighted by Gasteiger charge is -2.21. The van der Waals surface area contributed by atoms with Crippen molar-refractivity contribution in [2.75, 3.05) is 11.4 Å². The van der Waals surface area contributed by atoms with Gasteiger partial charge in [0.1, 0.15) is 17.4 Å². The molecule has 3 nitrogen and oxygen atoms in total. The number of aromatic hydroxyl groups is 1. The molecule has 0 aromatic heterocycles. The van der Waals surface area contributed by atoms with Gasteiger partial charge in [0.25, 0.3) is 5.91 Å². The summed E-state index contributed by atoms with van der Waals surface area (Å²) in [6, 6.07) is 8.65. The van der Waals surface area contributed by atoms with Crippen molar-refractivity contribution in [3.63, 3.8) is 0 Å². The number of phenolic OH excluding ortho intramolecular Hbond substituents is 1. The standard InChI is InChI=1S/C15H13F2NO2/c1-2-18(12-5-3-4-10(16)8-12)15(20)13-9-11(17)6-7-14(13)19/h3-9,19H,2H2,1H3. The minimum atomic E-state index is -0.624. The highest BCUT2D eigenvalue weighted by Crippen LogP contribution is 2.23. The van der Waals surface area contributed by atoms with E-state index in [9.17, 15) is 18.7 Å². The van der Waals surface area contributed by atoms with Crippen LogP contribution < -0.4 is 4.90 Å². The van der Waals surface area contributed by atoms with Crippen molar-refractivity contribution >= 4 is 11.6 Å². The number of rotatable bonds is 3. The highest BCUT2D eigenvalue weighted by atomic mass is 19.1. The molecule has 0 atom stereocenters. The molecule has 1 amide bonds. The molecule has 0 heterocycles. The fraction of sp³-hybridized carbons (Fsp3) is 0.133. The molecule has 0 aliphatic carbocycles. The average Bonchev–Trinajstić information content (AvgIpc) is 2.42. The Hall–Kier alpha value is -2.43. The Kier molecular flexibility index (Phi) is 3.98. The number of benzene rings is 2. The van der Waals surface area contributed by atoms with Gasteiger partial charge in [-0.2, -0.15) is 0 Å². The lowest BCUT2D eigenvalue weighted by molar-refractivity contribution is 0.0985. The summed E-state index contributed by atoms with van der Waals surface area (Å²) in [4.78, 5) is 13.6. The Morgan fingerprint density at radius 1 is 1.15 bits per heavy atom. The number of carbonyl (C=O) groups excluding carboxylic acids is 1. The molecule has 0 fully saturated rings. The van der Waals surface area contributed by atoms with Crippen LogP contribution in [0.15, 0.2) is 42.5 Å². The summed E-state index contributed by atoms with van der Waals surface area (Å²) >= 11 is 0. The van der Waals surface area contributed by atoms with Crippen LogP contribution in [0.5, 0.6) is 5.75 Å². The van der Waals surface area contributed by atoms with Crippen molar-refractivity contribution in [1.29, 1.82) is 0 Å². The fourth-order valence-corrected chi connectivity index (χ4v) is 1.91. The van der Waals surface area contributed by atoms with Gasteiger partial charge in [-0.05, 0) is 43.3 Å². The number of hydrogen-bond donors (Lipinski definition) is 1. The largest absolute Gasteiger partial charge is 0.507 e. The van der Waals surface area contributed by atoms with Gasteiger partial charge in [-0.25, -0.2) is 8.78 Å². The Labute approximate surface area is 115 Å². The van der Waals surface area contributed by atoms with Crippen molar-refractivity contribution in [2.24, 2.45) is 0 Å². The van der Waals surface area contributed by atoms with Gasteiger partial charge in [0, 0.05) is 12.2 Å². The van der Waals surface area contributed by atoms with Gasteiger partial charge in [-0.3, -0.25) is 4.79 Å². The van der Waals surface area contributed by atoms with Gasteiger partial charge < -0.3 is 10.0 Å². The van der Waals surface area contributed by atoms with Gasteiger partial charge in [-0.15, -0.1) is 0 Å². The summed E-state index contributed by atoms with van der Waals surface area (Å²) < 4.78 is 26.4. The maximum atomic E-state index is 13.2. The van der Waals surface area contributed by atoms with Crippen LogP contribution >= 0.6 is 0 Å². The Balaban J connectivity index is 2.41. The summed E-state index contributed by atoms with van der Waals surface area (Å²) in [5, 5.41) is 9.66. The number of hydrogen-bond acceptors (Lipinski definition) is 2. The zero-order valence-corrected chi connectivity index (χ0v) is 10.8. The highest BCUT2D eigenvalue weighted by molar-refractivity contribution is 6.07. The Morgan fingerprint density at radius 2 is 1.85 bits per heavy atom. The van der Waals surface area contributed by atoms with E-state index in [0.717, 1.165) is 18.2 Å². The van der Waals surface area contributed by atoms with E-state index in [1.54, 1.807) is 13.0 Å². The van der Waals surface area contributed by atoms with Crippen LogP contribution in [0.3, 0.4) is 0 Å². The lowest BCUT2D eigenvalue weighted by Crippen LogP contribution is -2.30. The number of anilines is 1. The second-order valence-corrected chi connectivity index (χ2v) is 4.19. The second-order valence-electron chi connectivity index (χ2n) is 4.19. The van der Waals surface area contributed by atoms with E-state index >= 15 is 0 Å². The maximum absolute atomic E-state index is 13.2. The molecule has 0 aliphatic rings. The average molecular weight is 277 g/mol. The van der Waals surface area contributed by atoms with E-state index < -0.39 is 17.5 Å². The second kappa shape index (κ2) is 5.69. The minimum Gasteiger partial charge on any atom is -0.507 e. The quantitative estimate of drug-likeness (QED) is 0.934. The smallest absolute Gasteiger partial charge is 0.262 e. The topological polar surface area (TPSA) is 40.5 Å². The molecule has 104 valence electrons. The van der Waals surface area contributed by atoms with E-state index in [1.165, 1.54) is 23.1 Å². The van der Waals surface area contributed by atoms with Crippen LogP contribution in [-0.2, 0) is 0 Å². The zero-order valence-electron chi connectivity index (χ0n) is 10.8. The Bertz CT molecular complexity index is 644. The summed E-state index contributed by atoms with van der Waals surface area (Å²) in [7, 11) is 0. The molecule has 20 heavy (non-hydrogen) atoms. The third-order valence-electron chi connectivity index (χ3n) is 2.87. The molecule has 0 radical (unpaired) electrons. The molecule has 2 rings (SSSR count). The predicted octanol–water partition coefficient (Wildman–Crippen LogP) is 3.34. The molecule has 0 saturated heterocycles. The summed E-state index contributed by atoms with van der Waals surface area (Å²) in [6.07, 6.45) is 0. The molecular formula is C15H13F2NO2. The van der Waals surface area contributed by atoms with Crippen LogP contribution in [0.4, 0.5) is 14.5 Å². The summed E-state index contributed by atoms with van der Waals surface area (Å²) in [5.41, 5.74) is 0.192. The van der Waals surface area contributed by atoms with E-state index in [-0.39, 0.29) is 17.9 Å². The molecule has 0 spiro atoms. The number of phenols is 1. The van der Waals surface area contributed by atoms with Crippen LogP contribution in [-0.4, -0.2) is 17.6 Å². The molecule has 0 unspecified atom stereocenters. The van der Waals surface area contributed by atoms with E-state index in [2.05, 4.69) is 0 Å². The van der Waals surface area contributed by atoms with Gasteiger partial charge in [0.15, 0.2) is 0 Å². The van der Waals surface area contributed by atoms with Gasteiger partial charge in [0.2, 0.25) is 0 Å². The van der Waals surface area contributed by atoms with Gasteiger partial charge in [0.05, 0.1) is 5.56 Å². The number of amides is 1. The van der Waals surface area contributed by atoms with Crippen molar-refractivity contribution in [3.05, 3.63) is 59.7 Å². The third-order valence-corrected chi connectivity index (χ3v) is 2.87. The van der Waals surface area contributed by atoms with E-state index in [0.29, 0.717) is 5.69 Å². The first kappa shape index (κ1) is 14.0. The molecule has 2 aromatic rings. The van der Waals surface area contributed by atoms with Crippen molar-refractivity contribution in [1.82, 2.24) is 0 Å². The van der Waals surface area contributed by atoms with Crippen molar-refractivity contribution in [2.45, 2.75) is 6.92 Å². The molecule has 1 N–H and O–H groups in total. The third kappa shape index (κ3) is 2.77.